The van der Waals surface area contributed by atoms with Crippen molar-refractivity contribution >= 4 is 34.4 Å². The first kappa shape index (κ1) is 21.1. The van der Waals surface area contributed by atoms with Crippen molar-refractivity contribution in [3.8, 4) is 5.75 Å². The molecule has 6 heteroatoms. The molecule has 4 nitrogen and oxygen atoms in total. The number of amidine groups is 1. The van der Waals surface area contributed by atoms with E-state index in [9.17, 15) is 4.79 Å². The molecule has 2 rings (SSSR count). The van der Waals surface area contributed by atoms with Crippen LogP contribution in [-0.4, -0.2) is 40.9 Å². The molecule has 1 aromatic carbocycles. The number of carbonyl (C=O) groups is 1. The third kappa shape index (κ3) is 4.55. The van der Waals surface area contributed by atoms with Crippen molar-refractivity contribution in [3.05, 3.63) is 28.8 Å². The molecule has 1 aliphatic heterocycles. The van der Waals surface area contributed by atoms with Gasteiger partial charge in [-0.1, -0.05) is 57.5 Å². The van der Waals surface area contributed by atoms with E-state index in [1.807, 2.05) is 0 Å². The summed E-state index contributed by atoms with van der Waals surface area (Å²) in [6.45, 7) is 13.0. The van der Waals surface area contributed by atoms with E-state index in [2.05, 4.69) is 44.5 Å². The fourth-order valence-corrected chi connectivity index (χ4v) is 4.23. The topological polar surface area (TPSA) is 41.9 Å². The second kappa shape index (κ2) is 8.22. The highest BCUT2D eigenvalue weighted by Gasteiger charge is 2.47. The number of benzene rings is 1. The Hall–Kier alpha value is -1.20. The molecule has 1 heterocycles. The molecule has 1 fully saturated rings. The SMILES string of the molecule is CCCCN1CC(C)(C(C)(C)C)S/C1=N\C(=O)c1ccc(Cl)cc1OC. The number of carbonyl (C=O) groups excluding carboxylic acids is 1. The van der Waals surface area contributed by atoms with Crippen molar-refractivity contribution in [1.29, 1.82) is 0 Å². The zero-order valence-electron chi connectivity index (χ0n) is 16.6. The molecule has 1 amide bonds. The Bertz CT molecular complexity index is 700. The van der Waals surface area contributed by atoms with Crippen LogP contribution in [0.1, 0.15) is 57.8 Å². The van der Waals surface area contributed by atoms with Gasteiger partial charge in [-0.25, -0.2) is 0 Å². The average Bonchev–Trinajstić information content (AvgIpc) is 2.89. The van der Waals surface area contributed by atoms with Crippen molar-refractivity contribution in [2.75, 3.05) is 20.2 Å². The van der Waals surface area contributed by atoms with Crippen LogP contribution < -0.4 is 4.74 Å². The molecule has 1 aromatic rings. The van der Waals surface area contributed by atoms with E-state index in [0.717, 1.165) is 31.1 Å². The Labute approximate surface area is 166 Å². The van der Waals surface area contributed by atoms with Gasteiger partial charge < -0.3 is 9.64 Å². The highest BCUT2D eigenvalue weighted by molar-refractivity contribution is 8.15. The number of unbranched alkanes of at least 4 members (excludes halogenated alkanes) is 1. The Balaban J connectivity index is 2.35. The maximum absolute atomic E-state index is 12.8. The monoisotopic (exact) mass is 396 g/mol. The number of ether oxygens (including phenoxy) is 1. The fourth-order valence-electron chi connectivity index (χ4n) is 2.73. The zero-order valence-corrected chi connectivity index (χ0v) is 18.1. The molecular weight excluding hydrogens is 368 g/mol. The van der Waals surface area contributed by atoms with Gasteiger partial charge in [0.15, 0.2) is 5.17 Å². The molecular formula is C20H29ClN2O2S. The van der Waals surface area contributed by atoms with Crippen LogP contribution in [0.4, 0.5) is 0 Å². The van der Waals surface area contributed by atoms with Crippen LogP contribution in [0.25, 0.3) is 0 Å². The predicted molar refractivity (Wildman–Crippen MR) is 112 cm³/mol. The lowest BCUT2D eigenvalue weighted by atomic mass is 9.81. The van der Waals surface area contributed by atoms with E-state index in [0.29, 0.717) is 16.3 Å². The van der Waals surface area contributed by atoms with Crippen LogP contribution in [0.15, 0.2) is 23.2 Å². The van der Waals surface area contributed by atoms with Crippen molar-refractivity contribution in [1.82, 2.24) is 4.90 Å². The van der Waals surface area contributed by atoms with E-state index >= 15 is 0 Å². The number of halogens is 1. The molecule has 1 saturated heterocycles. The molecule has 0 spiro atoms. The molecule has 0 aliphatic carbocycles. The minimum Gasteiger partial charge on any atom is -0.496 e. The number of thioether (sulfide) groups is 1. The summed E-state index contributed by atoms with van der Waals surface area (Å²) in [5, 5.41) is 1.34. The van der Waals surface area contributed by atoms with Gasteiger partial charge in [-0.15, -0.1) is 0 Å². The van der Waals surface area contributed by atoms with Gasteiger partial charge in [-0.05, 0) is 37.0 Å². The van der Waals surface area contributed by atoms with Gasteiger partial charge in [0.2, 0.25) is 0 Å². The maximum Gasteiger partial charge on any atom is 0.283 e. The summed E-state index contributed by atoms with van der Waals surface area (Å²) in [4.78, 5) is 19.5. The molecule has 0 N–H and O–H groups in total. The molecule has 144 valence electrons. The quantitative estimate of drug-likeness (QED) is 0.659. The van der Waals surface area contributed by atoms with Gasteiger partial charge in [0.25, 0.3) is 5.91 Å². The normalized spacial score (nSPS) is 22.1. The predicted octanol–water partition coefficient (Wildman–Crippen LogP) is 5.50. The van der Waals surface area contributed by atoms with Crippen molar-refractivity contribution in [2.45, 2.75) is 52.2 Å². The van der Waals surface area contributed by atoms with Crippen LogP contribution in [0.2, 0.25) is 5.02 Å². The third-order valence-corrected chi connectivity index (χ3v) is 7.00. The van der Waals surface area contributed by atoms with Crippen LogP contribution in [0.3, 0.4) is 0 Å². The first-order chi connectivity index (χ1) is 12.1. The van der Waals surface area contributed by atoms with Gasteiger partial charge >= 0.3 is 0 Å². The van der Waals surface area contributed by atoms with Crippen LogP contribution in [-0.2, 0) is 0 Å². The summed E-state index contributed by atoms with van der Waals surface area (Å²) < 4.78 is 5.31. The maximum atomic E-state index is 12.8. The summed E-state index contributed by atoms with van der Waals surface area (Å²) in [6, 6.07) is 5.00. The second-order valence-corrected chi connectivity index (χ2v) is 9.81. The Morgan fingerprint density at radius 1 is 1.42 bits per heavy atom. The molecule has 0 saturated carbocycles. The van der Waals surface area contributed by atoms with Gasteiger partial charge in [0.05, 0.1) is 12.7 Å². The van der Waals surface area contributed by atoms with Crippen molar-refractivity contribution in [3.63, 3.8) is 0 Å². The number of methoxy groups -OCH3 is 1. The molecule has 1 aliphatic rings. The van der Waals surface area contributed by atoms with Gasteiger partial charge in [-0.3, -0.25) is 4.79 Å². The lowest BCUT2D eigenvalue weighted by Crippen LogP contribution is -2.40. The summed E-state index contributed by atoms with van der Waals surface area (Å²) >= 11 is 7.71. The number of aliphatic imine (C=N–C) groups is 1. The third-order valence-electron chi connectivity index (χ3n) is 5.04. The van der Waals surface area contributed by atoms with Gasteiger partial charge in [-0.2, -0.15) is 4.99 Å². The van der Waals surface area contributed by atoms with E-state index in [4.69, 9.17) is 16.3 Å². The van der Waals surface area contributed by atoms with E-state index < -0.39 is 0 Å². The molecule has 1 atom stereocenters. The smallest absolute Gasteiger partial charge is 0.283 e. The lowest BCUT2D eigenvalue weighted by Gasteiger charge is -2.36. The molecule has 0 aromatic heterocycles. The number of amides is 1. The first-order valence-electron chi connectivity index (χ1n) is 9.02. The summed E-state index contributed by atoms with van der Waals surface area (Å²) in [5.74, 6) is 0.161. The van der Waals surface area contributed by atoms with Crippen LogP contribution in [0.5, 0.6) is 5.75 Å². The Morgan fingerprint density at radius 2 is 2.12 bits per heavy atom. The highest BCUT2D eigenvalue weighted by atomic mass is 35.5. The van der Waals surface area contributed by atoms with Crippen LogP contribution >= 0.6 is 23.4 Å². The Morgan fingerprint density at radius 3 is 2.69 bits per heavy atom. The van der Waals surface area contributed by atoms with Gasteiger partial charge in [0.1, 0.15) is 5.75 Å². The summed E-state index contributed by atoms with van der Waals surface area (Å²) in [5.41, 5.74) is 0.533. The van der Waals surface area contributed by atoms with Gasteiger partial charge in [0, 0.05) is 22.9 Å². The largest absolute Gasteiger partial charge is 0.496 e. The fraction of sp³-hybridized carbons (Fsp3) is 0.600. The zero-order chi connectivity index (χ0) is 19.5. The number of rotatable bonds is 5. The van der Waals surface area contributed by atoms with E-state index in [-0.39, 0.29) is 16.1 Å². The number of nitrogens with zero attached hydrogens (tertiary/aromatic N) is 2. The van der Waals surface area contributed by atoms with E-state index in [1.165, 1.54) is 7.11 Å². The summed E-state index contributed by atoms with van der Waals surface area (Å²) in [6.07, 6.45) is 2.19. The second-order valence-electron chi connectivity index (χ2n) is 7.90. The average molecular weight is 397 g/mol. The summed E-state index contributed by atoms with van der Waals surface area (Å²) in [7, 11) is 1.53. The van der Waals surface area contributed by atoms with Crippen molar-refractivity contribution in [2.24, 2.45) is 10.4 Å². The minimum atomic E-state index is -0.291. The first-order valence-corrected chi connectivity index (χ1v) is 10.2. The lowest BCUT2D eigenvalue weighted by molar-refractivity contribution is 0.0999. The minimum absolute atomic E-state index is 0.00391. The van der Waals surface area contributed by atoms with Crippen LogP contribution in [0, 0.1) is 5.41 Å². The molecule has 26 heavy (non-hydrogen) atoms. The molecule has 0 bridgehead atoms. The number of hydrogen-bond donors (Lipinski definition) is 0. The Kier molecular flexibility index (Phi) is 6.67. The van der Waals surface area contributed by atoms with Crippen molar-refractivity contribution < 1.29 is 9.53 Å². The number of hydrogen-bond acceptors (Lipinski definition) is 3. The molecule has 1 unspecified atom stereocenters. The molecule has 0 radical (unpaired) electrons. The highest BCUT2D eigenvalue weighted by Crippen LogP contribution is 2.48. The standard InChI is InChI=1S/C20H29ClN2O2S/c1-7-8-11-23-13-20(5,19(2,3)4)26-18(23)22-17(24)15-10-9-14(21)12-16(15)25-6/h9-10,12H,7-8,11,13H2,1-6H3/b22-18-. The van der Waals surface area contributed by atoms with E-state index in [1.54, 1.807) is 30.0 Å².